The van der Waals surface area contributed by atoms with Gasteiger partial charge in [-0.15, -0.1) is 0 Å². The zero-order chi connectivity index (χ0) is 15.3. The second-order valence-corrected chi connectivity index (χ2v) is 5.24. The molecule has 0 aromatic heterocycles. The van der Waals surface area contributed by atoms with Crippen molar-refractivity contribution in [2.75, 3.05) is 5.32 Å². The third-order valence-electron chi connectivity index (χ3n) is 3.31. The zero-order valence-corrected chi connectivity index (χ0v) is 12.0. The summed E-state index contributed by atoms with van der Waals surface area (Å²) in [6.45, 7) is 5.47. The summed E-state index contributed by atoms with van der Waals surface area (Å²) in [4.78, 5) is 12.1. The largest absolute Gasteiger partial charge is 0.385 e. The lowest BCUT2D eigenvalue weighted by Gasteiger charge is -2.24. The Labute approximate surface area is 124 Å². The van der Waals surface area contributed by atoms with Crippen molar-refractivity contribution in [2.45, 2.75) is 18.9 Å². The van der Waals surface area contributed by atoms with E-state index in [9.17, 15) is 9.90 Å². The molecule has 0 aliphatic rings. The molecule has 2 rings (SSSR count). The van der Waals surface area contributed by atoms with Gasteiger partial charge in [0.05, 0.1) is 5.60 Å². The van der Waals surface area contributed by atoms with E-state index < -0.39 is 5.60 Å². The van der Waals surface area contributed by atoms with Gasteiger partial charge in [-0.3, -0.25) is 4.79 Å². The maximum atomic E-state index is 12.1. The topological polar surface area (TPSA) is 49.3 Å². The molecule has 2 aromatic rings. The third-order valence-corrected chi connectivity index (χ3v) is 3.31. The first kappa shape index (κ1) is 15.0. The molecule has 0 aliphatic heterocycles. The number of aliphatic hydroxyl groups is 1. The zero-order valence-electron chi connectivity index (χ0n) is 12.0. The first-order valence-electron chi connectivity index (χ1n) is 6.81. The second kappa shape index (κ2) is 6.37. The van der Waals surface area contributed by atoms with Gasteiger partial charge in [-0.25, -0.2) is 0 Å². The molecule has 0 fully saturated rings. The van der Waals surface area contributed by atoms with Crippen molar-refractivity contribution in [3.05, 3.63) is 78.4 Å². The minimum atomic E-state index is -1.12. The van der Waals surface area contributed by atoms with E-state index in [0.29, 0.717) is 11.3 Å². The summed E-state index contributed by atoms with van der Waals surface area (Å²) >= 11 is 0. The molecule has 0 aliphatic carbocycles. The summed E-state index contributed by atoms with van der Waals surface area (Å²) in [6, 6.07) is 18.5. The van der Waals surface area contributed by atoms with E-state index in [1.54, 1.807) is 19.1 Å². The molecular weight excluding hydrogens is 262 g/mol. The average molecular weight is 281 g/mol. The van der Waals surface area contributed by atoms with Crippen LogP contribution in [0, 0.1) is 0 Å². The molecule has 21 heavy (non-hydrogen) atoms. The highest BCUT2D eigenvalue weighted by atomic mass is 16.3. The Balaban J connectivity index is 2.02. The van der Waals surface area contributed by atoms with Gasteiger partial charge in [0.2, 0.25) is 0 Å². The van der Waals surface area contributed by atoms with Crippen LogP contribution in [0.25, 0.3) is 0 Å². The Morgan fingerprint density at radius 2 is 1.62 bits per heavy atom. The van der Waals surface area contributed by atoms with E-state index in [1.807, 2.05) is 48.5 Å². The van der Waals surface area contributed by atoms with Crippen molar-refractivity contribution in [1.29, 1.82) is 0 Å². The summed E-state index contributed by atoms with van der Waals surface area (Å²) in [5.41, 5.74) is 0.696. The van der Waals surface area contributed by atoms with Crippen LogP contribution in [0.3, 0.4) is 0 Å². The summed E-state index contributed by atoms with van der Waals surface area (Å²) < 4.78 is 0. The number of amides is 1. The van der Waals surface area contributed by atoms with Crippen LogP contribution in [0.1, 0.15) is 18.9 Å². The predicted octanol–water partition coefficient (Wildman–Crippen LogP) is 3.48. The van der Waals surface area contributed by atoms with Crippen LogP contribution in [-0.4, -0.2) is 11.0 Å². The minimum absolute atomic E-state index is 0.176. The molecular formula is C18H19NO2. The fourth-order valence-electron chi connectivity index (χ4n) is 2.14. The number of hydrogen-bond donors (Lipinski definition) is 2. The fraction of sp³-hybridized carbons (Fsp3) is 0.167. The normalized spacial score (nSPS) is 13.2. The van der Waals surface area contributed by atoms with Crippen LogP contribution < -0.4 is 5.32 Å². The van der Waals surface area contributed by atoms with Crippen LogP contribution in [0.2, 0.25) is 0 Å². The number of nitrogens with one attached hydrogen (secondary N) is 1. The van der Waals surface area contributed by atoms with Gasteiger partial charge >= 0.3 is 0 Å². The van der Waals surface area contributed by atoms with E-state index in [2.05, 4.69) is 11.9 Å². The van der Waals surface area contributed by atoms with Gasteiger partial charge in [0.15, 0.2) is 0 Å². The summed E-state index contributed by atoms with van der Waals surface area (Å²) in [6.07, 6.45) is 0.176. The first-order chi connectivity index (χ1) is 9.99. The van der Waals surface area contributed by atoms with Gasteiger partial charge in [0.25, 0.3) is 5.91 Å². The highest BCUT2D eigenvalue weighted by Crippen LogP contribution is 2.27. The Hall–Kier alpha value is -2.39. The molecule has 3 heteroatoms. The van der Waals surface area contributed by atoms with Gasteiger partial charge in [-0.2, -0.15) is 0 Å². The van der Waals surface area contributed by atoms with E-state index in [1.165, 1.54) is 0 Å². The minimum Gasteiger partial charge on any atom is -0.385 e. The van der Waals surface area contributed by atoms with E-state index >= 15 is 0 Å². The SMILES string of the molecule is C=C(C[C@](C)(O)c1ccccc1)C(=O)Nc1ccccc1. The number of benzene rings is 2. The molecule has 0 saturated carbocycles. The Morgan fingerprint density at radius 3 is 2.19 bits per heavy atom. The van der Waals surface area contributed by atoms with Crippen molar-refractivity contribution in [3.8, 4) is 0 Å². The monoisotopic (exact) mass is 281 g/mol. The molecule has 2 aromatic carbocycles. The molecule has 0 unspecified atom stereocenters. The van der Waals surface area contributed by atoms with E-state index in [-0.39, 0.29) is 12.3 Å². The third kappa shape index (κ3) is 4.04. The van der Waals surface area contributed by atoms with Crippen molar-refractivity contribution < 1.29 is 9.90 Å². The van der Waals surface area contributed by atoms with Crippen molar-refractivity contribution in [3.63, 3.8) is 0 Å². The highest BCUT2D eigenvalue weighted by molar-refractivity contribution is 6.03. The highest BCUT2D eigenvalue weighted by Gasteiger charge is 2.26. The van der Waals surface area contributed by atoms with Gasteiger partial charge in [0, 0.05) is 17.7 Å². The second-order valence-electron chi connectivity index (χ2n) is 5.24. The lowest BCUT2D eigenvalue weighted by Crippen LogP contribution is -2.25. The smallest absolute Gasteiger partial charge is 0.251 e. The summed E-state index contributed by atoms with van der Waals surface area (Å²) in [5, 5.41) is 13.3. The molecule has 0 heterocycles. The molecule has 0 bridgehead atoms. The Kier molecular flexibility index (Phi) is 4.55. The van der Waals surface area contributed by atoms with Crippen molar-refractivity contribution in [1.82, 2.24) is 0 Å². The van der Waals surface area contributed by atoms with Gasteiger partial charge in [-0.1, -0.05) is 55.1 Å². The molecule has 0 radical (unpaired) electrons. The van der Waals surface area contributed by atoms with Gasteiger partial charge in [-0.05, 0) is 24.6 Å². The number of hydrogen-bond acceptors (Lipinski definition) is 2. The van der Waals surface area contributed by atoms with Crippen molar-refractivity contribution in [2.24, 2.45) is 0 Å². The maximum Gasteiger partial charge on any atom is 0.251 e. The quantitative estimate of drug-likeness (QED) is 0.824. The Bertz CT molecular complexity index is 618. The molecule has 0 spiro atoms. The van der Waals surface area contributed by atoms with E-state index in [4.69, 9.17) is 0 Å². The summed E-state index contributed by atoms with van der Waals surface area (Å²) in [7, 11) is 0. The first-order valence-corrected chi connectivity index (χ1v) is 6.81. The van der Waals surface area contributed by atoms with Gasteiger partial charge in [0.1, 0.15) is 0 Å². The van der Waals surface area contributed by atoms with Gasteiger partial charge < -0.3 is 10.4 Å². The number of anilines is 1. The average Bonchev–Trinajstić information content (AvgIpc) is 2.48. The molecule has 0 saturated heterocycles. The predicted molar refractivity (Wildman–Crippen MR) is 84.8 cm³/mol. The summed E-state index contributed by atoms with van der Waals surface area (Å²) in [5.74, 6) is -0.280. The van der Waals surface area contributed by atoms with Crippen LogP contribution in [0.15, 0.2) is 72.8 Å². The number of rotatable bonds is 5. The lowest BCUT2D eigenvalue weighted by molar-refractivity contribution is -0.113. The fourth-order valence-corrected chi connectivity index (χ4v) is 2.14. The molecule has 108 valence electrons. The van der Waals surface area contributed by atoms with E-state index in [0.717, 1.165) is 5.56 Å². The Morgan fingerprint density at radius 1 is 1.10 bits per heavy atom. The van der Waals surface area contributed by atoms with Crippen LogP contribution in [0.5, 0.6) is 0 Å². The van der Waals surface area contributed by atoms with Crippen molar-refractivity contribution >= 4 is 11.6 Å². The lowest BCUT2D eigenvalue weighted by atomic mass is 9.89. The maximum absolute atomic E-state index is 12.1. The number of para-hydroxylation sites is 1. The molecule has 3 nitrogen and oxygen atoms in total. The number of carbonyl (C=O) groups is 1. The molecule has 2 N–H and O–H groups in total. The molecule has 1 atom stereocenters. The van der Waals surface area contributed by atoms with Crippen LogP contribution in [-0.2, 0) is 10.4 Å². The standard InChI is InChI=1S/C18H19NO2/c1-14(17(20)19-16-11-7-4-8-12-16)13-18(2,21)15-9-5-3-6-10-15/h3-12,21H,1,13H2,2H3,(H,19,20)/t18-/m0/s1. The van der Waals surface area contributed by atoms with Crippen LogP contribution in [0.4, 0.5) is 5.69 Å². The molecule has 1 amide bonds. The van der Waals surface area contributed by atoms with Crippen LogP contribution >= 0.6 is 0 Å². The number of carbonyl (C=O) groups excluding carboxylic acids is 1.